The normalized spacial score (nSPS) is 12.4. The number of fused-ring (bicyclic) bond motifs is 1. The van der Waals surface area contributed by atoms with Gasteiger partial charge in [-0.3, -0.25) is 9.59 Å². The molecule has 0 spiro atoms. The van der Waals surface area contributed by atoms with Crippen LogP contribution in [0.5, 0.6) is 0 Å². The molecule has 0 radical (unpaired) electrons. The van der Waals surface area contributed by atoms with Crippen molar-refractivity contribution in [3.8, 4) is 10.4 Å². The minimum atomic E-state index is -1.68. The van der Waals surface area contributed by atoms with Crippen molar-refractivity contribution in [2.75, 3.05) is 0 Å². The Hall–Kier alpha value is -2.16. The summed E-state index contributed by atoms with van der Waals surface area (Å²) in [5.74, 6) is 0. The summed E-state index contributed by atoms with van der Waals surface area (Å²) in [6, 6.07) is 17.2. The highest BCUT2D eigenvalue weighted by molar-refractivity contribution is 7.29. The van der Waals surface area contributed by atoms with Crippen LogP contribution < -0.4 is 4.50 Å². The number of aldehydes is 2. The molecular formula is C31H32O2S4Si. The van der Waals surface area contributed by atoms with Gasteiger partial charge in [-0.2, -0.15) is 0 Å². The van der Waals surface area contributed by atoms with Crippen LogP contribution in [0.3, 0.4) is 0 Å². The number of carbonyl (C=O) groups is 2. The molecule has 0 aliphatic carbocycles. The molecule has 0 unspecified atom stereocenters. The fraction of sp³-hybridized carbons (Fsp3) is 0.290. The minimum absolute atomic E-state index is 0.240. The highest BCUT2D eigenvalue weighted by Crippen LogP contribution is 2.40. The molecule has 0 atom stereocenters. The van der Waals surface area contributed by atoms with Crippen molar-refractivity contribution in [1.82, 2.24) is 0 Å². The van der Waals surface area contributed by atoms with Gasteiger partial charge in [-0.1, -0.05) is 63.7 Å². The fourth-order valence-corrected chi connectivity index (χ4v) is 12.6. The van der Waals surface area contributed by atoms with Gasteiger partial charge >= 0.3 is 0 Å². The van der Waals surface area contributed by atoms with Gasteiger partial charge < -0.3 is 0 Å². The van der Waals surface area contributed by atoms with Crippen LogP contribution in [0.1, 0.15) is 66.6 Å². The van der Waals surface area contributed by atoms with Crippen LogP contribution in [0.2, 0.25) is 18.1 Å². The molecule has 1 aromatic carbocycles. The van der Waals surface area contributed by atoms with Crippen LogP contribution >= 0.6 is 45.3 Å². The summed E-state index contributed by atoms with van der Waals surface area (Å²) in [6.07, 6.45) is 3.62. The van der Waals surface area contributed by atoms with Gasteiger partial charge in [0.1, 0.15) is 0 Å². The summed E-state index contributed by atoms with van der Waals surface area (Å²) < 4.78 is 3.99. The third-order valence-electron chi connectivity index (χ3n) is 7.74. The molecule has 0 aliphatic rings. The van der Waals surface area contributed by atoms with Gasteiger partial charge in [0.25, 0.3) is 0 Å². The molecule has 0 aliphatic heterocycles. The Morgan fingerprint density at radius 1 is 0.737 bits per heavy atom. The van der Waals surface area contributed by atoms with Gasteiger partial charge in [-0.05, 0) is 46.3 Å². The molecule has 0 fully saturated rings. The molecule has 0 saturated heterocycles. The van der Waals surface area contributed by atoms with E-state index in [-0.39, 0.29) is 5.04 Å². The van der Waals surface area contributed by atoms with E-state index in [0.717, 1.165) is 51.9 Å². The maximum atomic E-state index is 11.9. The molecule has 0 bridgehead atoms. The smallest absolute Gasteiger partial charge is 0.151 e. The predicted octanol–water partition coefficient (Wildman–Crippen LogP) is 9.58. The molecule has 7 heteroatoms. The monoisotopic (exact) mass is 592 g/mol. The molecule has 0 saturated carbocycles. The van der Waals surface area contributed by atoms with Crippen LogP contribution in [-0.2, 0) is 12.8 Å². The molecule has 5 rings (SSSR count). The lowest BCUT2D eigenvalue weighted by molar-refractivity contribution is 0.111. The Morgan fingerprint density at radius 2 is 1.26 bits per heavy atom. The Labute approximate surface area is 242 Å². The number of benzene rings is 1. The molecule has 4 aromatic heterocycles. The van der Waals surface area contributed by atoms with Crippen LogP contribution in [0, 0.1) is 6.92 Å². The highest BCUT2D eigenvalue weighted by Gasteiger charge is 2.38. The Kier molecular flexibility index (Phi) is 7.52. The first kappa shape index (κ1) is 27.4. The topological polar surface area (TPSA) is 34.1 Å². The van der Waals surface area contributed by atoms with E-state index in [9.17, 15) is 9.59 Å². The van der Waals surface area contributed by atoms with Crippen molar-refractivity contribution in [2.24, 2.45) is 0 Å². The Balaban J connectivity index is 1.36. The second-order valence-corrected chi connectivity index (χ2v) is 21.7. The van der Waals surface area contributed by atoms with E-state index < -0.39 is 8.07 Å². The van der Waals surface area contributed by atoms with E-state index in [2.05, 4.69) is 83.3 Å². The van der Waals surface area contributed by atoms with Gasteiger partial charge in [0.2, 0.25) is 0 Å². The molecule has 4 heterocycles. The van der Waals surface area contributed by atoms with Crippen LogP contribution in [0.4, 0.5) is 0 Å². The Bertz CT molecular complexity index is 1590. The second kappa shape index (κ2) is 10.4. The SMILES string of the molecule is Cc1ccc(-c2cc(C=O)c(Cc3cc4sc(Cc5sc([Si](C)(C)C(C)(C)C)cc5C=O)cc4s3)s2)cc1. The maximum Gasteiger partial charge on any atom is 0.151 e. The van der Waals surface area contributed by atoms with E-state index in [4.69, 9.17) is 0 Å². The number of rotatable bonds is 8. The first-order valence-electron chi connectivity index (χ1n) is 12.7. The summed E-state index contributed by atoms with van der Waals surface area (Å²) in [5.41, 5.74) is 4.04. The molecule has 0 N–H and O–H groups in total. The summed E-state index contributed by atoms with van der Waals surface area (Å²) in [5, 5.41) is 0.240. The zero-order valence-electron chi connectivity index (χ0n) is 22.6. The van der Waals surface area contributed by atoms with Crippen molar-refractivity contribution in [1.29, 1.82) is 0 Å². The molecule has 196 valence electrons. The third-order valence-corrected chi connectivity index (χ3v) is 19.2. The van der Waals surface area contributed by atoms with Crippen LogP contribution in [-0.4, -0.2) is 20.6 Å². The number of carbonyl (C=O) groups excluding carboxylic acids is 2. The van der Waals surface area contributed by atoms with Crippen molar-refractivity contribution < 1.29 is 9.59 Å². The lowest BCUT2D eigenvalue weighted by Gasteiger charge is -2.36. The van der Waals surface area contributed by atoms with Gasteiger partial charge in [-0.15, -0.1) is 45.3 Å². The minimum Gasteiger partial charge on any atom is -0.298 e. The number of hydrogen-bond donors (Lipinski definition) is 0. The molecule has 38 heavy (non-hydrogen) atoms. The summed E-state index contributed by atoms with van der Waals surface area (Å²) in [6.45, 7) is 13.9. The third kappa shape index (κ3) is 5.32. The molecule has 0 amide bonds. The van der Waals surface area contributed by atoms with Crippen LogP contribution in [0.15, 0.2) is 48.5 Å². The fourth-order valence-electron chi connectivity index (χ4n) is 4.33. The second-order valence-electron chi connectivity index (χ2n) is 11.5. The number of hydrogen-bond acceptors (Lipinski definition) is 6. The van der Waals surface area contributed by atoms with Crippen molar-refractivity contribution >= 4 is 79.9 Å². The molecular weight excluding hydrogens is 561 g/mol. The molecule has 2 nitrogen and oxygen atoms in total. The average Bonchev–Trinajstić information content (AvgIpc) is 3.62. The van der Waals surface area contributed by atoms with Gasteiger partial charge in [-0.25, -0.2) is 0 Å². The lowest BCUT2D eigenvalue weighted by Crippen LogP contribution is -2.47. The first-order valence-corrected chi connectivity index (χ1v) is 19.0. The summed E-state index contributed by atoms with van der Waals surface area (Å²) >= 11 is 7.20. The van der Waals surface area contributed by atoms with E-state index in [1.807, 2.05) is 40.1 Å². The standard InChI is InChI=1S/C31H32O2S4Si/c1-19-7-9-20(10-8-19)25-11-21(17-32)26(36-25)13-23-15-28-29(34-23)16-24(35-28)14-27-22(18-33)12-30(37-27)38(5,6)31(2,3)4/h7-12,15-18H,13-14H2,1-6H3. The van der Waals surface area contributed by atoms with E-state index in [1.54, 1.807) is 11.3 Å². The lowest BCUT2D eigenvalue weighted by atomic mass is 10.1. The average molecular weight is 593 g/mol. The quantitative estimate of drug-likeness (QED) is 0.133. The molecule has 5 aromatic rings. The largest absolute Gasteiger partial charge is 0.298 e. The zero-order chi connectivity index (χ0) is 27.2. The first-order chi connectivity index (χ1) is 18.0. The summed E-state index contributed by atoms with van der Waals surface area (Å²) in [7, 11) is -1.68. The summed E-state index contributed by atoms with van der Waals surface area (Å²) in [4.78, 5) is 29.8. The van der Waals surface area contributed by atoms with Crippen molar-refractivity contribution in [3.05, 3.63) is 84.7 Å². The van der Waals surface area contributed by atoms with Gasteiger partial charge in [0.05, 0.1) is 8.07 Å². The zero-order valence-corrected chi connectivity index (χ0v) is 26.9. The predicted molar refractivity (Wildman–Crippen MR) is 172 cm³/mol. The highest BCUT2D eigenvalue weighted by atomic mass is 32.1. The Morgan fingerprint density at radius 3 is 1.79 bits per heavy atom. The van der Waals surface area contributed by atoms with Crippen molar-refractivity contribution in [3.63, 3.8) is 0 Å². The van der Waals surface area contributed by atoms with Gasteiger partial charge in [0, 0.05) is 57.8 Å². The number of thiophene rings is 4. The van der Waals surface area contributed by atoms with E-state index >= 15 is 0 Å². The van der Waals surface area contributed by atoms with Gasteiger partial charge in [0.15, 0.2) is 12.6 Å². The van der Waals surface area contributed by atoms with E-state index in [1.165, 1.54) is 34.1 Å². The number of aryl methyl sites for hydroxylation is 1. The van der Waals surface area contributed by atoms with Crippen molar-refractivity contribution in [2.45, 2.75) is 58.7 Å². The van der Waals surface area contributed by atoms with E-state index in [0.29, 0.717) is 0 Å². The maximum absolute atomic E-state index is 11.9. The van der Waals surface area contributed by atoms with Crippen LogP contribution in [0.25, 0.3) is 19.8 Å².